The molecular weight excluding hydrogens is 292 g/mol. The summed E-state index contributed by atoms with van der Waals surface area (Å²) in [6.45, 7) is 2.29. The molecule has 1 aromatic heterocycles. The average molecular weight is 311 g/mol. The van der Waals surface area contributed by atoms with Crippen LogP contribution in [-0.4, -0.2) is 16.9 Å². The van der Waals surface area contributed by atoms with E-state index in [2.05, 4.69) is 33.2 Å². The van der Waals surface area contributed by atoms with Crippen molar-refractivity contribution in [3.8, 4) is 0 Å². The minimum absolute atomic E-state index is 0.0108. The molecule has 4 heteroatoms. The number of amides is 1. The average Bonchev–Trinajstić information content (AvgIpc) is 2.54. The van der Waals surface area contributed by atoms with Crippen molar-refractivity contribution in [1.82, 2.24) is 10.3 Å². The monoisotopic (exact) mass is 310 g/mol. The number of nitrogens with one attached hydrogen (secondary N) is 1. The Morgan fingerprint density at radius 3 is 2.94 bits per heavy atom. The van der Waals surface area contributed by atoms with Crippen LogP contribution in [0.5, 0.6) is 0 Å². The Bertz CT molecular complexity index is 422. The van der Waals surface area contributed by atoms with Crippen molar-refractivity contribution in [3.63, 3.8) is 0 Å². The van der Waals surface area contributed by atoms with Crippen LogP contribution in [0.25, 0.3) is 0 Å². The molecule has 0 bridgehead atoms. The molecule has 1 fully saturated rings. The first-order valence-electron chi connectivity index (χ1n) is 6.56. The molecule has 18 heavy (non-hydrogen) atoms. The van der Waals surface area contributed by atoms with E-state index < -0.39 is 0 Å². The van der Waals surface area contributed by atoms with E-state index in [9.17, 15) is 4.79 Å². The molecule has 0 spiro atoms. The zero-order valence-electron chi connectivity index (χ0n) is 10.7. The number of carbonyl (C=O) groups excluding carboxylic acids is 1. The third kappa shape index (κ3) is 3.80. The summed E-state index contributed by atoms with van der Waals surface area (Å²) in [5, 5.41) is 3.12. The minimum atomic E-state index is -0.0108. The van der Waals surface area contributed by atoms with Gasteiger partial charge in [0.1, 0.15) is 0 Å². The third-order valence-electron chi connectivity index (χ3n) is 3.56. The van der Waals surface area contributed by atoms with Gasteiger partial charge < -0.3 is 5.32 Å². The molecule has 98 valence electrons. The van der Waals surface area contributed by atoms with E-state index in [0.29, 0.717) is 11.6 Å². The van der Waals surface area contributed by atoms with Gasteiger partial charge in [-0.05, 0) is 47.2 Å². The quantitative estimate of drug-likeness (QED) is 0.849. The summed E-state index contributed by atoms with van der Waals surface area (Å²) in [6, 6.07) is 2.13. The number of hydrogen-bond acceptors (Lipinski definition) is 2. The van der Waals surface area contributed by atoms with Gasteiger partial charge >= 0.3 is 0 Å². The molecule has 0 radical (unpaired) electrons. The number of hydrogen-bond donors (Lipinski definition) is 1. The maximum atomic E-state index is 12.1. The first-order valence-corrected chi connectivity index (χ1v) is 7.36. The Labute approximate surface area is 117 Å². The molecule has 0 aliphatic heterocycles. The van der Waals surface area contributed by atoms with Crippen LogP contribution in [0.15, 0.2) is 22.9 Å². The van der Waals surface area contributed by atoms with Gasteiger partial charge in [0, 0.05) is 22.9 Å². The second kappa shape index (κ2) is 6.32. The summed E-state index contributed by atoms with van der Waals surface area (Å²) < 4.78 is 0.838. The summed E-state index contributed by atoms with van der Waals surface area (Å²) in [7, 11) is 0. The van der Waals surface area contributed by atoms with Crippen molar-refractivity contribution in [2.24, 2.45) is 5.92 Å². The van der Waals surface area contributed by atoms with Crippen LogP contribution >= 0.6 is 15.9 Å². The summed E-state index contributed by atoms with van der Waals surface area (Å²) in [5.41, 5.74) is 0.627. The van der Waals surface area contributed by atoms with Gasteiger partial charge in [0.2, 0.25) is 0 Å². The first kappa shape index (κ1) is 13.5. The largest absolute Gasteiger partial charge is 0.349 e. The lowest BCUT2D eigenvalue weighted by atomic mass is 10.0. The lowest BCUT2D eigenvalue weighted by Gasteiger charge is -2.16. The predicted molar refractivity (Wildman–Crippen MR) is 75.4 cm³/mol. The van der Waals surface area contributed by atoms with Crippen LogP contribution in [0, 0.1) is 5.92 Å². The number of halogens is 1. The predicted octanol–water partition coefficient (Wildman–Crippen LogP) is 3.54. The van der Waals surface area contributed by atoms with Crippen molar-refractivity contribution in [2.75, 3.05) is 0 Å². The Kier molecular flexibility index (Phi) is 4.75. The minimum Gasteiger partial charge on any atom is -0.349 e. The zero-order chi connectivity index (χ0) is 13.0. The fourth-order valence-electron chi connectivity index (χ4n) is 2.44. The molecule has 2 unspecified atom stereocenters. The molecule has 1 aliphatic carbocycles. The van der Waals surface area contributed by atoms with Gasteiger partial charge in [0.25, 0.3) is 5.91 Å². The Morgan fingerprint density at radius 1 is 1.33 bits per heavy atom. The lowest BCUT2D eigenvalue weighted by Crippen LogP contribution is -2.34. The standard InChI is InChI=1S/C14H19BrN2O/c1-10-3-2-4-13(6-5-10)17-14(18)11-7-12(15)9-16-8-11/h7-10,13H,2-6H2,1H3,(H,17,18). The smallest absolute Gasteiger partial charge is 0.253 e. The molecule has 1 N–H and O–H groups in total. The molecule has 3 nitrogen and oxygen atoms in total. The highest BCUT2D eigenvalue weighted by Gasteiger charge is 2.18. The topological polar surface area (TPSA) is 42.0 Å². The van der Waals surface area contributed by atoms with Gasteiger partial charge in [-0.2, -0.15) is 0 Å². The Hall–Kier alpha value is -0.900. The number of nitrogens with zero attached hydrogens (tertiary/aromatic N) is 1. The fraction of sp³-hybridized carbons (Fsp3) is 0.571. The number of rotatable bonds is 2. The van der Waals surface area contributed by atoms with E-state index in [0.717, 1.165) is 23.2 Å². The first-order chi connectivity index (χ1) is 8.65. The molecule has 2 rings (SSSR count). The maximum absolute atomic E-state index is 12.1. The second-order valence-electron chi connectivity index (χ2n) is 5.18. The summed E-state index contributed by atoms with van der Waals surface area (Å²) >= 11 is 3.33. The Balaban J connectivity index is 1.94. The SMILES string of the molecule is CC1CCCC(NC(=O)c2cncc(Br)c2)CC1. The van der Waals surface area contributed by atoms with E-state index in [1.54, 1.807) is 12.4 Å². The summed E-state index contributed by atoms with van der Waals surface area (Å²) in [6.07, 6.45) is 9.19. The van der Waals surface area contributed by atoms with Crippen LogP contribution in [0.1, 0.15) is 49.4 Å². The van der Waals surface area contributed by atoms with Gasteiger partial charge in [0.15, 0.2) is 0 Å². The number of pyridine rings is 1. The highest BCUT2D eigenvalue weighted by Crippen LogP contribution is 2.22. The summed E-state index contributed by atoms with van der Waals surface area (Å²) in [4.78, 5) is 16.1. The molecule has 1 aromatic rings. The molecule has 0 aromatic carbocycles. The molecule has 1 heterocycles. The van der Waals surface area contributed by atoms with Gasteiger partial charge in [-0.3, -0.25) is 9.78 Å². The van der Waals surface area contributed by atoms with E-state index in [1.807, 2.05) is 6.07 Å². The van der Waals surface area contributed by atoms with E-state index in [1.165, 1.54) is 19.3 Å². The van der Waals surface area contributed by atoms with Gasteiger partial charge in [-0.1, -0.05) is 19.8 Å². The summed E-state index contributed by atoms with van der Waals surface area (Å²) in [5.74, 6) is 0.780. The van der Waals surface area contributed by atoms with Crippen LogP contribution in [0.2, 0.25) is 0 Å². The second-order valence-corrected chi connectivity index (χ2v) is 6.09. The van der Waals surface area contributed by atoms with E-state index in [4.69, 9.17) is 0 Å². The van der Waals surface area contributed by atoms with Crippen molar-refractivity contribution in [2.45, 2.75) is 45.1 Å². The molecule has 2 atom stereocenters. The van der Waals surface area contributed by atoms with Crippen molar-refractivity contribution in [3.05, 3.63) is 28.5 Å². The maximum Gasteiger partial charge on any atom is 0.253 e. The molecule has 1 saturated carbocycles. The number of carbonyl (C=O) groups is 1. The highest BCUT2D eigenvalue weighted by atomic mass is 79.9. The zero-order valence-corrected chi connectivity index (χ0v) is 12.2. The van der Waals surface area contributed by atoms with Crippen LogP contribution in [0.4, 0.5) is 0 Å². The van der Waals surface area contributed by atoms with Gasteiger partial charge in [-0.15, -0.1) is 0 Å². The van der Waals surface area contributed by atoms with E-state index in [-0.39, 0.29) is 5.91 Å². The van der Waals surface area contributed by atoms with Gasteiger partial charge in [0.05, 0.1) is 5.56 Å². The van der Waals surface area contributed by atoms with Crippen molar-refractivity contribution in [1.29, 1.82) is 0 Å². The number of aromatic nitrogens is 1. The van der Waals surface area contributed by atoms with Crippen LogP contribution in [0.3, 0.4) is 0 Å². The molecule has 1 amide bonds. The van der Waals surface area contributed by atoms with E-state index >= 15 is 0 Å². The molecule has 0 saturated heterocycles. The van der Waals surface area contributed by atoms with Crippen LogP contribution < -0.4 is 5.32 Å². The van der Waals surface area contributed by atoms with Crippen molar-refractivity contribution >= 4 is 21.8 Å². The van der Waals surface area contributed by atoms with Gasteiger partial charge in [-0.25, -0.2) is 0 Å². The molecular formula is C14H19BrN2O. The molecule has 1 aliphatic rings. The Morgan fingerprint density at radius 2 is 2.17 bits per heavy atom. The lowest BCUT2D eigenvalue weighted by molar-refractivity contribution is 0.0932. The van der Waals surface area contributed by atoms with Crippen LogP contribution in [-0.2, 0) is 0 Å². The normalized spacial score (nSPS) is 24.3. The highest BCUT2D eigenvalue weighted by molar-refractivity contribution is 9.10. The van der Waals surface area contributed by atoms with Crippen molar-refractivity contribution < 1.29 is 4.79 Å². The third-order valence-corrected chi connectivity index (χ3v) is 3.99. The fourth-order valence-corrected chi connectivity index (χ4v) is 2.80.